The fourth-order valence-electron chi connectivity index (χ4n) is 2.64. The first-order chi connectivity index (χ1) is 13.6. The zero-order valence-corrected chi connectivity index (χ0v) is 17.0. The van der Waals surface area contributed by atoms with Crippen LogP contribution in [0.1, 0.15) is 28.8 Å². The average molecular weight is 447 g/mol. The smallest absolute Gasteiger partial charge is 0.293 e. The highest BCUT2D eigenvalue weighted by Gasteiger charge is 2.22. The van der Waals surface area contributed by atoms with Crippen LogP contribution in [0.5, 0.6) is 0 Å². The SMILES string of the molecule is O=C(CNC(=O)[C@@H]1CCCN1)c1ccc(Br)cc1.O=COCc1ccccc1. The molecular formula is C21H23BrN2O4. The average Bonchev–Trinajstić information content (AvgIpc) is 3.27. The number of rotatable bonds is 7. The maximum absolute atomic E-state index is 11.8. The number of nitrogens with one attached hydrogen (secondary N) is 2. The Labute approximate surface area is 172 Å². The Morgan fingerprint density at radius 2 is 1.86 bits per heavy atom. The van der Waals surface area contributed by atoms with Crippen molar-refractivity contribution in [2.24, 2.45) is 0 Å². The third-order valence-electron chi connectivity index (χ3n) is 4.13. The Balaban J connectivity index is 0.000000237. The zero-order chi connectivity index (χ0) is 20.2. The first-order valence-corrected chi connectivity index (χ1v) is 9.78. The molecule has 1 amide bonds. The van der Waals surface area contributed by atoms with Gasteiger partial charge < -0.3 is 15.4 Å². The van der Waals surface area contributed by atoms with Gasteiger partial charge in [-0.3, -0.25) is 14.4 Å². The van der Waals surface area contributed by atoms with Gasteiger partial charge in [0.1, 0.15) is 6.61 Å². The minimum absolute atomic E-state index is 0.0542. The predicted molar refractivity (Wildman–Crippen MR) is 110 cm³/mol. The van der Waals surface area contributed by atoms with Crippen LogP contribution in [0, 0.1) is 0 Å². The fourth-order valence-corrected chi connectivity index (χ4v) is 2.91. The lowest BCUT2D eigenvalue weighted by Gasteiger charge is -2.10. The van der Waals surface area contributed by atoms with E-state index in [1.807, 2.05) is 42.5 Å². The predicted octanol–water partition coefficient (Wildman–Crippen LogP) is 2.86. The van der Waals surface area contributed by atoms with Gasteiger partial charge in [0.25, 0.3) is 6.47 Å². The summed E-state index contributed by atoms with van der Waals surface area (Å²) in [5.41, 5.74) is 1.62. The molecule has 1 aliphatic rings. The Kier molecular flexibility index (Phi) is 9.37. The lowest BCUT2D eigenvalue weighted by Crippen LogP contribution is -2.42. The lowest BCUT2D eigenvalue weighted by molar-refractivity contribution is -0.129. The van der Waals surface area contributed by atoms with Crippen molar-refractivity contribution in [3.63, 3.8) is 0 Å². The number of ether oxygens (including phenoxy) is 1. The molecule has 6 nitrogen and oxygen atoms in total. The van der Waals surface area contributed by atoms with Crippen LogP contribution in [0.2, 0.25) is 0 Å². The number of halogens is 1. The Morgan fingerprint density at radius 3 is 2.46 bits per heavy atom. The van der Waals surface area contributed by atoms with E-state index < -0.39 is 0 Å². The summed E-state index contributed by atoms with van der Waals surface area (Å²) in [4.78, 5) is 33.3. The standard InChI is InChI=1S/C13H15BrN2O2.C8H8O2/c14-10-5-3-9(4-6-10)12(17)8-16-13(18)11-2-1-7-15-11;9-7-10-6-8-4-2-1-3-5-8/h3-6,11,15H,1-2,7-8H2,(H,16,18);1-5,7H,6H2/t11-;/m0./s1. The summed E-state index contributed by atoms with van der Waals surface area (Å²) < 4.78 is 5.47. The van der Waals surface area contributed by atoms with Crippen molar-refractivity contribution < 1.29 is 19.1 Å². The van der Waals surface area contributed by atoms with E-state index in [-0.39, 0.29) is 24.3 Å². The van der Waals surface area contributed by atoms with Gasteiger partial charge in [0, 0.05) is 10.0 Å². The van der Waals surface area contributed by atoms with Gasteiger partial charge in [0.15, 0.2) is 5.78 Å². The second kappa shape index (κ2) is 12.0. The molecule has 0 aromatic heterocycles. The van der Waals surface area contributed by atoms with Crippen molar-refractivity contribution in [2.75, 3.05) is 13.1 Å². The van der Waals surface area contributed by atoms with Crippen molar-refractivity contribution in [1.82, 2.24) is 10.6 Å². The molecule has 0 unspecified atom stereocenters. The van der Waals surface area contributed by atoms with Crippen molar-refractivity contribution >= 4 is 34.1 Å². The second-order valence-electron chi connectivity index (χ2n) is 6.19. The molecule has 1 fully saturated rings. The topological polar surface area (TPSA) is 84.5 Å². The molecule has 2 aromatic rings. The third kappa shape index (κ3) is 7.62. The maximum Gasteiger partial charge on any atom is 0.293 e. The molecule has 0 saturated carbocycles. The molecule has 1 atom stereocenters. The highest BCUT2D eigenvalue weighted by molar-refractivity contribution is 9.10. The largest absolute Gasteiger partial charge is 0.463 e. The highest BCUT2D eigenvalue weighted by Crippen LogP contribution is 2.11. The minimum Gasteiger partial charge on any atom is -0.463 e. The molecule has 0 bridgehead atoms. The van der Waals surface area contributed by atoms with Crippen LogP contribution in [0.15, 0.2) is 59.1 Å². The molecular weight excluding hydrogens is 424 g/mol. The summed E-state index contributed by atoms with van der Waals surface area (Å²) in [5.74, 6) is -0.160. The summed E-state index contributed by atoms with van der Waals surface area (Å²) in [6.45, 7) is 1.74. The van der Waals surface area contributed by atoms with Crippen LogP contribution in [-0.4, -0.2) is 37.3 Å². The van der Waals surface area contributed by atoms with Gasteiger partial charge in [-0.1, -0.05) is 58.4 Å². The molecule has 3 rings (SSSR count). The lowest BCUT2D eigenvalue weighted by atomic mass is 10.1. The van der Waals surface area contributed by atoms with E-state index in [0.29, 0.717) is 18.6 Å². The molecule has 148 valence electrons. The first-order valence-electron chi connectivity index (χ1n) is 8.99. The van der Waals surface area contributed by atoms with Crippen molar-refractivity contribution in [3.8, 4) is 0 Å². The molecule has 1 aliphatic heterocycles. The molecule has 7 heteroatoms. The van der Waals surface area contributed by atoms with Crippen LogP contribution in [0.4, 0.5) is 0 Å². The molecule has 2 N–H and O–H groups in total. The number of ketones is 1. The molecule has 28 heavy (non-hydrogen) atoms. The van der Waals surface area contributed by atoms with E-state index >= 15 is 0 Å². The molecule has 0 aliphatic carbocycles. The normalized spacial score (nSPS) is 15.1. The summed E-state index contributed by atoms with van der Waals surface area (Å²) >= 11 is 3.31. The summed E-state index contributed by atoms with van der Waals surface area (Å²) in [7, 11) is 0. The van der Waals surface area contributed by atoms with Gasteiger partial charge in [-0.05, 0) is 37.1 Å². The Morgan fingerprint density at radius 1 is 1.14 bits per heavy atom. The van der Waals surface area contributed by atoms with Crippen LogP contribution in [-0.2, 0) is 20.9 Å². The molecule has 0 spiro atoms. The van der Waals surface area contributed by atoms with Crippen LogP contribution < -0.4 is 10.6 Å². The van der Waals surface area contributed by atoms with E-state index in [1.54, 1.807) is 12.1 Å². The highest BCUT2D eigenvalue weighted by atomic mass is 79.9. The van der Waals surface area contributed by atoms with Gasteiger partial charge in [0.05, 0.1) is 12.6 Å². The first kappa shape index (κ1) is 21.8. The number of Topliss-reactive ketones (excluding diaryl/α,β-unsaturated/α-hetero) is 1. The number of hydrogen-bond donors (Lipinski definition) is 2. The van der Waals surface area contributed by atoms with Crippen LogP contribution in [0.25, 0.3) is 0 Å². The van der Waals surface area contributed by atoms with Crippen LogP contribution in [0.3, 0.4) is 0 Å². The Hall–Kier alpha value is -2.51. The summed E-state index contributed by atoms with van der Waals surface area (Å²) in [6.07, 6.45) is 1.86. The minimum atomic E-state index is -0.136. The number of carbonyl (C=O) groups is 3. The zero-order valence-electron chi connectivity index (χ0n) is 15.4. The third-order valence-corrected chi connectivity index (χ3v) is 4.66. The maximum atomic E-state index is 11.8. The van der Waals surface area contributed by atoms with E-state index in [0.717, 1.165) is 29.4 Å². The summed E-state index contributed by atoms with van der Waals surface area (Å²) in [5, 5.41) is 5.77. The van der Waals surface area contributed by atoms with Crippen molar-refractivity contribution in [1.29, 1.82) is 0 Å². The van der Waals surface area contributed by atoms with Crippen molar-refractivity contribution in [2.45, 2.75) is 25.5 Å². The fraction of sp³-hybridized carbons (Fsp3) is 0.286. The molecule has 1 heterocycles. The van der Waals surface area contributed by atoms with E-state index in [4.69, 9.17) is 0 Å². The number of carbonyl (C=O) groups excluding carboxylic acids is 3. The van der Waals surface area contributed by atoms with Gasteiger partial charge in [-0.15, -0.1) is 0 Å². The molecule has 0 radical (unpaired) electrons. The second-order valence-corrected chi connectivity index (χ2v) is 7.11. The molecule has 1 saturated heterocycles. The van der Waals surface area contributed by atoms with E-state index in [9.17, 15) is 14.4 Å². The Bertz CT molecular complexity index is 760. The van der Waals surface area contributed by atoms with Crippen molar-refractivity contribution in [3.05, 3.63) is 70.2 Å². The molecule has 2 aromatic carbocycles. The van der Waals surface area contributed by atoms with Gasteiger partial charge in [-0.25, -0.2) is 0 Å². The van der Waals surface area contributed by atoms with Gasteiger partial charge >= 0.3 is 0 Å². The monoisotopic (exact) mass is 446 g/mol. The number of amides is 1. The number of hydrogen-bond acceptors (Lipinski definition) is 5. The van der Waals surface area contributed by atoms with E-state index in [2.05, 4.69) is 31.3 Å². The van der Waals surface area contributed by atoms with Gasteiger partial charge in [0.2, 0.25) is 5.91 Å². The van der Waals surface area contributed by atoms with E-state index in [1.165, 1.54) is 0 Å². The van der Waals surface area contributed by atoms with Gasteiger partial charge in [-0.2, -0.15) is 0 Å². The number of benzene rings is 2. The summed E-state index contributed by atoms with van der Waals surface area (Å²) in [6, 6.07) is 16.5. The quantitative estimate of drug-likeness (QED) is 0.504. The van der Waals surface area contributed by atoms with Crippen LogP contribution >= 0.6 is 15.9 Å².